The Balaban J connectivity index is 1.21. The molecule has 45 heavy (non-hydrogen) atoms. The van der Waals surface area contributed by atoms with Crippen LogP contribution in [-0.4, -0.2) is 9.97 Å². The number of ether oxygens (including phenoxy) is 1. The van der Waals surface area contributed by atoms with Crippen LogP contribution >= 0.6 is 0 Å². The van der Waals surface area contributed by atoms with Gasteiger partial charge in [0.05, 0.1) is 40.0 Å². The second kappa shape index (κ2) is 8.15. The van der Waals surface area contributed by atoms with Gasteiger partial charge in [0.25, 0.3) is 0 Å². The first kappa shape index (κ1) is 24.3. The number of pyridine rings is 2. The maximum atomic E-state index is 6.55. The Labute approximate surface area is 259 Å². The first-order valence-corrected chi connectivity index (χ1v) is 16.0. The Hall–Kier alpha value is -5.06. The van der Waals surface area contributed by atoms with Crippen molar-refractivity contribution in [3.8, 4) is 33.6 Å². The van der Waals surface area contributed by atoms with E-state index in [9.17, 15) is 0 Å². The SMILES string of the molecule is CC1(C)c2cc3nc(-c4ccccc4)c4c(c3cc2-c2cc3c(cc21)nc(-c1ccccc1)c1c2ccc(o2)c31)C1CCC4O1. The molecule has 0 saturated carbocycles. The third-order valence-corrected chi connectivity index (χ3v) is 10.8. The lowest BCUT2D eigenvalue weighted by atomic mass is 9.81. The van der Waals surface area contributed by atoms with Crippen molar-refractivity contribution in [2.75, 3.05) is 0 Å². The highest BCUT2D eigenvalue weighted by molar-refractivity contribution is 6.24. The molecule has 0 radical (unpaired) electrons. The highest BCUT2D eigenvalue weighted by Gasteiger charge is 2.43. The van der Waals surface area contributed by atoms with Crippen LogP contribution in [0.1, 0.15) is 61.2 Å². The number of fused-ring (bicyclic) bond motifs is 17. The van der Waals surface area contributed by atoms with Crippen LogP contribution in [0.25, 0.3) is 77.4 Å². The number of nitrogens with zero attached hydrogens (tertiary/aromatic N) is 2. The Kier molecular flexibility index (Phi) is 4.40. The first-order chi connectivity index (χ1) is 22.0. The molecule has 8 aromatic rings. The Morgan fingerprint density at radius 3 is 1.84 bits per heavy atom. The molecule has 2 unspecified atom stereocenters. The number of hydrogen-bond acceptors (Lipinski definition) is 4. The van der Waals surface area contributed by atoms with Gasteiger partial charge in [-0.15, -0.1) is 0 Å². The fourth-order valence-electron chi connectivity index (χ4n) is 8.74. The Morgan fingerprint density at radius 1 is 0.600 bits per heavy atom. The molecule has 0 spiro atoms. The molecule has 11 rings (SSSR count). The first-order valence-electron chi connectivity index (χ1n) is 16.0. The van der Waals surface area contributed by atoms with Crippen LogP contribution in [0.15, 0.2) is 101 Å². The average Bonchev–Trinajstić information content (AvgIpc) is 3.92. The van der Waals surface area contributed by atoms with Crippen LogP contribution < -0.4 is 0 Å². The van der Waals surface area contributed by atoms with Crippen molar-refractivity contribution in [1.29, 1.82) is 0 Å². The van der Waals surface area contributed by atoms with E-state index in [0.29, 0.717) is 0 Å². The van der Waals surface area contributed by atoms with E-state index in [4.69, 9.17) is 19.1 Å². The van der Waals surface area contributed by atoms with Gasteiger partial charge in [0, 0.05) is 38.3 Å². The third kappa shape index (κ3) is 3.01. The van der Waals surface area contributed by atoms with Gasteiger partial charge in [-0.05, 0) is 77.1 Å². The predicted octanol–water partition coefficient (Wildman–Crippen LogP) is 10.7. The van der Waals surface area contributed by atoms with E-state index in [0.717, 1.165) is 73.7 Å². The smallest absolute Gasteiger partial charge is 0.137 e. The van der Waals surface area contributed by atoms with Crippen LogP contribution in [-0.2, 0) is 10.2 Å². The maximum Gasteiger partial charge on any atom is 0.137 e. The number of rotatable bonds is 2. The van der Waals surface area contributed by atoms with Gasteiger partial charge in [0.1, 0.15) is 11.2 Å². The fraction of sp³-hybridized carbons (Fsp3) is 0.171. The molecule has 214 valence electrons. The summed E-state index contributed by atoms with van der Waals surface area (Å²) in [6.45, 7) is 4.69. The monoisotopic (exact) mass is 580 g/mol. The molecule has 1 aliphatic carbocycles. The minimum atomic E-state index is -0.207. The number of furan rings is 2. The van der Waals surface area contributed by atoms with Crippen molar-refractivity contribution in [3.05, 3.63) is 119 Å². The van der Waals surface area contributed by atoms with E-state index in [2.05, 4.69) is 111 Å². The highest BCUT2D eigenvalue weighted by Crippen LogP contribution is 2.58. The van der Waals surface area contributed by atoms with Crippen LogP contribution in [0.5, 0.6) is 0 Å². The molecular formula is C41H28N2O2. The van der Waals surface area contributed by atoms with Crippen molar-refractivity contribution in [1.82, 2.24) is 9.97 Å². The van der Waals surface area contributed by atoms with E-state index >= 15 is 0 Å². The van der Waals surface area contributed by atoms with E-state index in [1.807, 2.05) is 0 Å². The van der Waals surface area contributed by atoms with E-state index < -0.39 is 0 Å². The zero-order valence-corrected chi connectivity index (χ0v) is 25.0. The molecule has 4 aromatic carbocycles. The summed E-state index contributed by atoms with van der Waals surface area (Å²) in [6, 6.07) is 34.8. The molecule has 4 heteroatoms. The molecule has 6 heterocycles. The molecule has 2 aliphatic heterocycles. The molecule has 2 atom stereocenters. The summed E-state index contributed by atoms with van der Waals surface area (Å²) in [7, 11) is 0. The van der Waals surface area contributed by atoms with Gasteiger partial charge in [-0.1, -0.05) is 74.5 Å². The summed E-state index contributed by atoms with van der Waals surface area (Å²) in [5.74, 6) is 0. The molecule has 1 saturated heterocycles. The van der Waals surface area contributed by atoms with Crippen LogP contribution in [0.3, 0.4) is 0 Å². The van der Waals surface area contributed by atoms with Crippen molar-refractivity contribution >= 4 is 43.7 Å². The number of hydrogen-bond donors (Lipinski definition) is 0. The van der Waals surface area contributed by atoms with Gasteiger partial charge in [0.15, 0.2) is 0 Å². The summed E-state index contributed by atoms with van der Waals surface area (Å²) >= 11 is 0. The minimum Gasteiger partial charge on any atom is -0.456 e. The zero-order chi connectivity index (χ0) is 29.6. The second-order valence-corrected chi connectivity index (χ2v) is 13.5. The average molecular weight is 581 g/mol. The predicted molar refractivity (Wildman–Crippen MR) is 180 cm³/mol. The molecule has 4 bridgehead atoms. The van der Waals surface area contributed by atoms with Gasteiger partial charge in [0.2, 0.25) is 0 Å². The number of benzene rings is 5. The maximum absolute atomic E-state index is 6.55. The van der Waals surface area contributed by atoms with Gasteiger partial charge < -0.3 is 9.15 Å². The lowest BCUT2D eigenvalue weighted by Crippen LogP contribution is -2.15. The summed E-state index contributed by atoms with van der Waals surface area (Å²) < 4.78 is 12.8. The lowest BCUT2D eigenvalue weighted by molar-refractivity contribution is 0.0722. The van der Waals surface area contributed by atoms with E-state index in [1.165, 1.54) is 38.8 Å². The van der Waals surface area contributed by atoms with Crippen LogP contribution in [0.2, 0.25) is 0 Å². The quantitative estimate of drug-likeness (QED) is 0.191. The normalized spacial score (nSPS) is 19.2. The number of aromatic nitrogens is 2. The Morgan fingerprint density at radius 2 is 1.16 bits per heavy atom. The molecule has 0 N–H and O–H groups in total. The van der Waals surface area contributed by atoms with Crippen LogP contribution in [0, 0.1) is 0 Å². The molecule has 4 aromatic heterocycles. The standard InChI is InChI=1S/C41H28N2O2/c1-41(2)27-19-29-25(35-31-13-15-33(44-31)37(35)39(42-29)21-9-5-3-6-10-21)17-23(27)24-18-26-30(20-28(24)41)43-40(22-11-7-4-8-12-22)38-34-16-14-32(45-34)36(26)38/h3-13,15,17-20,32,34H,14,16H2,1-2H3. The lowest BCUT2D eigenvalue weighted by Gasteiger charge is -2.23. The van der Waals surface area contributed by atoms with E-state index in [-0.39, 0.29) is 17.6 Å². The van der Waals surface area contributed by atoms with Crippen molar-refractivity contribution in [3.63, 3.8) is 0 Å². The van der Waals surface area contributed by atoms with Crippen LogP contribution in [0.4, 0.5) is 0 Å². The van der Waals surface area contributed by atoms with Gasteiger partial charge in [-0.3, -0.25) is 0 Å². The molecule has 4 nitrogen and oxygen atoms in total. The highest BCUT2D eigenvalue weighted by atomic mass is 16.5. The zero-order valence-electron chi connectivity index (χ0n) is 25.0. The van der Waals surface area contributed by atoms with Crippen molar-refractivity contribution in [2.45, 2.75) is 44.3 Å². The van der Waals surface area contributed by atoms with Crippen molar-refractivity contribution in [2.24, 2.45) is 0 Å². The molecule has 3 aliphatic rings. The second-order valence-electron chi connectivity index (χ2n) is 13.5. The van der Waals surface area contributed by atoms with Crippen molar-refractivity contribution < 1.29 is 9.15 Å². The molecule has 0 amide bonds. The van der Waals surface area contributed by atoms with Gasteiger partial charge >= 0.3 is 0 Å². The summed E-state index contributed by atoms with van der Waals surface area (Å²) in [6.07, 6.45) is 2.40. The minimum absolute atomic E-state index is 0.128. The molecule has 1 fully saturated rings. The fourth-order valence-corrected chi connectivity index (χ4v) is 8.74. The van der Waals surface area contributed by atoms with Gasteiger partial charge in [-0.2, -0.15) is 0 Å². The molecular weight excluding hydrogens is 552 g/mol. The summed E-state index contributed by atoms with van der Waals surface area (Å²) in [4.78, 5) is 10.7. The van der Waals surface area contributed by atoms with E-state index in [1.54, 1.807) is 0 Å². The summed E-state index contributed by atoms with van der Waals surface area (Å²) in [5, 5.41) is 4.64. The Bertz CT molecular complexity index is 2550. The topological polar surface area (TPSA) is 48.2 Å². The largest absolute Gasteiger partial charge is 0.456 e. The summed E-state index contributed by atoms with van der Waals surface area (Å²) in [5.41, 5.74) is 15.8. The third-order valence-electron chi connectivity index (χ3n) is 10.8. The van der Waals surface area contributed by atoms with Gasteiger partial charge in [-0.25, -0.2) is 9.97 Å².